The van der Waals surface area contributed by atoms with Gasteiger partial charge in [-0.15, -0.1) is 6.58 Å². The lowest BCUT2D eigenvalue weighted by Gasteiger charge is -2.07. The van der Waals surface area contributed by atoms with Crippen molar-refractivity contribution in [3.8, 4) is 0 Å². The van der Waals surface area contributed by atoms with Crippen molar-refractivity contribution in [3.05, 3.63) is 30.2 Å². The standard InChI is InChI=1S/C12H16N4O/c1-3-6-13-12(17)10-7-11(15-8(2)14-10)16-9-4-5-9/h3,7,9H,1,4-6H2,2H3,(H,13,17)(H,14,15,16). The highest BCUT2D eigenvalue weighted by Gasteiger charge is 2.22. The average Bonchev–Trinajstić information content (AvgIpc) is 3.09. The molecule has 90 valence electrons. The van der Waals surface area contributed by atoms with E-state index in [1.54, 1.807) is 19.1 Å². The van der Waals surface area contributed by atoms with Crippen LogP contribution in [0.2, 0.25) is 0 Å². The van der Waals surface area contributed by atoms with Gasteiger partial charge in [-0.05, 0) is 19.8 Å². The fourth-order valence-electron chi connectivity index (χ4n) is 1.45. The fourth-order valence-corrected chi connectivity index (χ4v) is 1.45. The van der Waals surface area contributed by atoms with Gasteiger partial charge in [0.05, 0.1) is 0 Å². The third-order valence-corrected chi connectivity index (χ3v) is 2.41. The summed E-state index contributed by atoms with van der Waals surface area (Å²) in [7, 11) is 0. The number of nitrogens with one attached hydrogen (secondary N) is 2. The highest BCUT2D eigenvalue weighted by molar-refractivity contribution is 5.93. The van der Waals surface area contributed by atoms with Gasteiger partial charge in [0.1, 0.15) is 17.3 Å². The van der Waals surface area contributed by atoms with E-state index in [-0.39, 0.29) is 5.91 Å². The van der Waals surface area contributed by atoms with E-state index in [9.17, 15) is 4.79 Å². The topological polar surface area (TPSA) is 66.9 Å². The van der Waals surface area contributed by atoms with Crippen LogP contribution in [0.4, 0.5) is 5.82 Å². The van der Waals surface area contributed by atoms with Crippen molar-refractivity contribution in [2.75, 3.05) is 11.9 Å². The number of nitrogens with zero attached hydrogens (tertiary/aromatic N) is 2. The van der Waals surface area contributed by atoms with Crippen LogP contribution in [0.3, 0.4) is 0 Å². The predicted octanol–water partition coefficient (Wildman–Crippen LogP) is 1.28. The molecular formula is C12H16N4O. The Morgan fingerprint density at radius 2 is 2.35 bits per heavy atom. The molecule has 1 amide bonds. The van der Waals surface area contributed by atoms with Gasteiger partial charge in [0.15, 0.2) is 0 Å². The van der Waals surface area contributed by atoms with E-state index in [4.69, 9.17) is 0 Å². The normalized spacial score (nSPS) is 14.2. The summed E-state index contributed by atoms with van der Waals surface area (Å²) in [4.78, 5) is 20.1. The molecule has 0 radical (unpaired) electrons. The van der Waals surface area contributed by atoms with Crippen molar-refractivity contribution in [1.29, 1.82) is 0 Å². The van der Waals surface area contributed by atoms with Crippen LogP contribution in [0.15, 0.2) is 18.7 Å². The Hall–Kier alpha value is -1.91. The fraction of sp³-hybridized carbons (Fsp3) is 0.417. The van der Waals surface area contributed by atoms with Gasteiger partial charge < -0.3 is 10.6 Å². The number of carbonyl (C=O) groups is 1. The number of carbonyl (C=O) groups excluding carboxylic acids is 1. The lowest BCUT2D eigenvalue weighted by molar-refractivity contribution is 0.0952. The van der Waals surface area contributed by atoms with Crippen LogP contribution < -0.4 is 10.6 Å². The van der Waals surface area contributed by atoms with Crippen molar-refractivity contribution in [2.24, 2.45) is 0 Å². The molecule has 0 atom stereocenters. The molecule has 1 saturated carbocycles. The van der Waals surface area contributed by atoms with Gasteiger partial charge in [0.2, 0.25) is 0 Å². The molecule has 5 heteroatoms. The van der Waals surface area contributed by atoms with E-state index in [0.717, 1.165) is 5.82 Å². The van der Waals surface area contributed by atoms with Gasteiger partial charge >= 0.3 is 0 Å². The van der Waals surface area contributed by atoms with Crippen LogP contribution in [0, 0.1) is 6.92 Å². The zero-order valence-corrected chi connectivity index (χ0v) is 9.86. The third-order valence-electron chi connectivity index (χ3n) is 2.41. The minimum absolute atomic E-state index is 0.200. The highest BCUT2D eigenvalue weighted by atomic mass is 16.1. The van der Waals surface area contributed by atoms with Crippen LogP contribution in [-0.2, 0) is 0 Å². The Morgan fingerprint density at radius 3 is 3.00 bits per heavy atom. The number of hydrogen-bond acceptors (Lipinski definition) is 4. The number of amides is 1. The maximum atomic E-state index is 11.7. The summed E-state index contributed by atoms with van der Waals surface area (Å²) >= 11 is 0. The van der Waals surface area contributed by atoms with Gasteiger partial charge in [-0.3, -0.25) is 4.79 Å². The van der Waals surface area contributed by atoms with Crippen LogP contribution in [0.25, 0.3) is 0 Å². The minimum atomic E-state index is -0.200. The SMILES string of the molecule is C=CCNC(=O)c1cc(NC2CC2)nc(C)n1. The second-order valence-electron chi connectivity index (χ2n) is 4.10. The lowest BCUT2D eigenvalue weighted by atomic mass is 10.3. The van der Waals surface area contributed by atoms with Crippen LogP contribution in [0.5, 0.6) is 0 Å². The van der Waals surface area contributed by atoms with Crippen LogP contribution in [0.1, 0.15) is 29.2 Å². The van der Waals surface area contributed by atoms with Gasteiger partial charge in [0, 0.05) is 18.7 Å². The first-order valence-corrected chi connectivity index (χ1v) is 5.70. The first-order valence-electron chi connectivity index (χ1n) is 5.70. The highest BCUT2D eigenvalue weighted by Crippen LogP contribution is 2.23. The predicted molar refractivity (Wildman–Crippen MR) is 65.9 cm³/mol. The number of anilines is 1. The van der Waals surface area contributed by atoms with E-state index in [1.165, 1.54) is 12.8 Å². The maximum Gasteiger partial charge on any atom is 0.270 e. The molecular weight excluding hydrogens is 216 g/mol. The van der Waals surface area contributed by atoms with E-state index in [0.29, 0.717) is 24.1 Å². The molecule has 1 aliphatic carbocycles. The zero-order valence-electron chi connectivity index (χ0n) is 9.86. The Kier molecular flexibility index (Phi) is 3.37. The number of aryl methyl sites for hydroxylation is 1. The maximum absolute atomic E-state index is 11.7. The molecule has 0 spiro atoms. The van der Waals surface area contributed by atoms with E-state index in [1.807, 2.05) is 0 Å². The van der Waals surface area contributed by atoms with Crippen LogP contribution in [-0.4, -0.2) is 28.5 Å². The molecule has 0 saturated heterocycles. The first kappa shape index (κ1) is 11.6. The lowest BCUT2D eigenvalue weighted by Crippen LogP contribution is -2.25. The monoisotopic (exact) mass is 232 g/mol. The second-order valence-corrected chi connectivity index (χ2v) is 4.10. The summed E-state index contributed by atoms with van der Waals surface area (Å²) < 4.78 is 0. The average molecular weight is 232 g/mol. The number of aromatic nitrogens is 2. The van der Waals surface area contributed by atoms with Crippen molar-refractivity contribution in [1.82, 2.24) is 15.3 Å². The molecule has 0 aliphatic heterocycles. The van der Waals surface area contributed by atoms with E-state index >= 15 is 0 Å². The Labute approximate surface area is 100 Å². The molecule has 1 aromatic heterocycles. The molecule has 1 aromatic rings. The van der Waals surface area contributed by atoms with Crippen LogP contribution >= 0.6 is 0 Å². The number of rotatable bonds is 5. The molecule has 1 fully saturated rings. The van der Waals surface area contributed by atoms with Crippen molar-refractivity contribution >= 4 is 11.7 Å². The minimum Gasteiger partial charge on any atom is -0.367 e. The van der Waals surface area contributed by atoms with E-state index < -0.39 is 0 Å². The Bertz CT molecular complexity index is 440. The smallest absolute Gasteiger partial charge is 0.270 e. The first-order chi connectivity index (χ1) is 8.19. The zero-order chi connectivity index (χ0) is 12.3. The molecule has 17 heavy (non-hydrogen) atoms. The molecule has 2 rings (SSSR count). The molecule has 2 N–H and O–H groups in total. The molecule has 1 heterocycles. The van der Waals surface area contributed by atoms with Gasteiger partial charge in [-0.1, -0.05) is 6.08 Å². The summed E-state index contributed by atoms with van der Waals surface area (Å²) in [5.74, 6) is 1.12. The molecule has 1 aliphatic rings. The molecule has 5 nitrogen and oxygen atoms in total. The van der Waals surface area contributed by atoms with Gasteiger partial charge in [-0.25, -0.2) is 9.97 Å². The Morgan fingerprint density at radius 1 is 1.59 bits per heavy atom. The third kappa shape index (κ3) is 3.27. The summed E-state index contributed by atoms with van der Waals surface area (Å²) in [5, 5.41) is 5.95. The summed E-state index contributed by atoms with van der Waals surface area (Å²) in [6.07, 6.45) is 3.97. The van der Waals surface area contributed by atoms with Crippen molar-refractivity contribution in [3.63, 3.8) is 0 Å². The van der Waals surface area contributed by atoms with Gasteiger partial charge in [0.25, 0.3) is 5.91 Å². The van der Waals surface area contributed by atoms with Crippen molar-refractivity contribution < 1.29 is 4.79 Å². The summed E-state index contributed by atoms with van der Waals surface area (Å²) in [6, 6.07) is 2.19. The largest absolute Gasteiger partial charge is 0.367 e. The second kappa shape index (κ2) is 4.95. The summed E-state index contributed by atoms with van der Waals surface area (Å²) in [6.45, 7) is 5.77. The quantitative estimate of drug-likeness (QED) is 0.750. The van der Waals surface area contributed by atoms with Crippen molar-refractivity contribution in [2.45, 2.75) is 25.8 Å². The number of hydrogen-bond donors (Lipinski definition) is 2. The molecule has 0 unspecified atom stereocenters. The van der Waals surface area contributed by atoms with E-state index in [2.05, 4.69) is 27.2 Å². The molecule has 0 bridgehead atoms. The molecule has 0 aromatic carbocycles. The Balaban J connectivity index is 2.11. The van der Waals surface area contributed by atoms with Gasteiger partial charge in [-0.2, -0.15) is 0 Å². The summed E-state index contributed by atoms with van der Waals surface area (Å²) in [5.41, 5.74) is 0.391.